The average Bonchev–Trinajstić information content (AvgIpc) is 2.58. The van der Waals surface area contributed by atoms with Crippen molar-refractivity contribution in [1.29, 1.82) is 0 Å². The zero-order valence-corrected chi connectivity index (χ0v) is 14.3. The van der Waals surface area contributed by atoms with Crippen LogP contribution in [0.3, 0.4) is 0 Å². The zero-order valence-electron chi connectivity index (χ0n) is 14.3. The van der Waals surface area contributed by atoms with Crippen LogP contribution < -0.4 is 14.8 Å². The maximum absolute atomic E-state index is 11.9. The Kier molecular flexibility index (Phi) is 6.43. The second kappa shape index (κ2) is 8.77. The normalized spacial score (nSPS) is 10.6. The Balaban J connectivity index is 1.79. The monoisotopic (exact) mass is 325 g/mol. The summed E-state index contributed by atoms with van der Waals surface area (Å²) < 4.78 is 10.9. The van der Waals surface area contributed by atoms with Crippen LogP contribution in [0.5, 0.6) is 11.5 Å². The predicted octanol–water partition coefficient (Wildman–Crippen LogP) is 3.52. The third-order valence-electron chi connectivity index (χ3n) is 3.49. The van der Waals surface area contributed by atoms with Gasteiger partial charge in [-0.05, 0) is 44.2 Å². The number of methoxy groups -OCH3 is 1. The first-order chi connectivity index (χ1) is 11.6. The lowest BCUT2D eigenvalue weighted by Gasteiger charge is -2.07. The summed E-state index contributed by atoms with van der Waals surface area (Å²) in [6.45, 7) is 4.90. The molecule has 0 unspecified atom stereocenters. The van der Waals surface area contributed by atoms with Crippen LogP contribution in [0.15, 0.2) is 48.5 Å². The third-order valence-corrected chi connectivity index (χ3v) is 3.49. The van der Waals surface area contributed by atoms with E-state index in [2.05, 4.69) is 5.32 Å². The average molecular weight is 325 g/mol. The molecule has 0 radical (unpaired) electrons. The molecule has 2 rings (SSSR count). The molecule has 0 aliphatic rings. The van der Waals surface area contributed by atoms with Crippen molar-refractivity contribution in [3.8, 4) is 11.5 Å². The van der Waals surface area contributed by atoms with E-state index in [0.29, 0.717) is 13.2 Å². The lowest BCUT2D eigenvalue weighted by Crippen LogP contribution is -2.26. The van der Waals surface area contributed by atoms with Crippen LogP contribution in [-0.2, 0) is 4.79 Å². The van der Waals surface area contributed by atoms with Crippen molar-refractivity contribution < 1.29 is 14.3 Å². The van der Waals surface area contributed by atoms with Gasteiger partial charge in [-0.15, -0.1) is 0 Å². The smallest absolute Gasteiger partial charge is 0.244 e. The van der Waals surface area contributed by atoms with E-state index < -0.39 is 0 Å². The highest BCUT2D eigenvalue weighted by Gasteiger charge is 2.01. The van der Waals surface area contributed by atoms with Crippen LogP contribution in [0.4, 0.5) is 0 Å². The molecular formula is C20H23NO3. The Labute approximate surface area is 143 Å². The molecule has 0 aliphatic carbocycles. The van der Waals surface area contributed by atoms with Crippen LogP contribution in [0, 0.1) is 13.8 Å². The summed E-state index contributed by atoms with van der Waals surface area (Å²) >= 11 is 0. The maximum Gasteiger partial charge on any atom is 0.244 e. The maximum atomic E-state index is 11.9. The highest BCUT2D eigenvalue weighted by atomic mass is 16.5. The zero-order chi connectivity index (χ0) is 17.4. The molecule has 4 nitrogen and oxygen atoms in total. The van der Waals surface area contributed by atoms with E-state index in [0.717, 1.165) is 22.6 Å². The summed E-state index contributed by atoms with van der Waals surface area (Å²) in [7, 11) is 1.62. The molecule has 126 valence electrons. The molecule has 0 fully saturated rings. The largest absolute Gasteiger partial charge is 0.496 e. The Hall–Kier alpha value is -2.75. The van der Waals surface area contributed by atoms with Gasteiger partial charge in [-0.2, -0.15) is 0 Å². The molecule has 0 bridgehead atoms. The number of aryl methyl sites for hydroxylation is 2. The molecule has 2 aromatic rings. The van der Waals surface area contributed by atoms with Crippen molar-refractivity contribution in [2.45, 2.75) is 13.8 Å². The van der Waals surface area contributed by atoms with Crippen molar-refractivity contribution in [3.63, 3.8) is 0 Å². The van der Waals surface area contributed by atoms with Gasteiger partial charge in [0, 0.05) is 11.6 Å². The minimum atomic E-state index is -0.161. The minimum absolute atomic E-state index is 0.161. The first kappa shape index (κ1) is 17.6. The molecule has 0 spiro atoms. The number of nitrogens with one attached hydrogen (secondary N) is 1. The minimum Gasteiger partial charge on any atom is -0.496 e. The number of carbonyl (C=O) groups excluding carboxylic acids is 1. The molecule has 0 saturated carbocycles. The molecule has 0 aliphatic heterocycles. The second-order valence-electron chi connectivity index (χ2n) is 5.53. The number of benzene rings is 2. The van der Waals surface area contributed by atoms with Gasteiger partial charge in [-0.25, -0.2) is 0 Å². The van der Waals surface area contributed by atoms with Gasteiger partial charge in [0.25, 0.3) is 0 Å². The fourth-order valence-electron chi connectivity index (χ4n) is 2.19. The lowest BCUT2D eigenvalue weighted by molar-refractivity contribution is -0.116. The van der Waals surface area contributed by atoms with Gasteiger partial charge in [0.05, 0.1) is 13.7 Å². The molecule has 24 heavy (non-hydrogen) atoms. The topological polar surface area (TPSA) is 47.6 Å². The van der Waals surface area contributed by atoms with Gasteiger partial charge in [0.1, 0.15) is 18.1 Å². The Morgan fingerprint density at radius 1 is 1.08 bits per heavy atom. The Morgan fingerprint density at radius 3 is 2.50 bits per heavy atom. The molecule has 0 saturated heterocycles. The molecule has 1 N–H and O–H groups in total. The standard InChI is InChI=1S/C20H23NO3/c1-15-4-8-18(9-5-15)24-13-12-21-20(22)11-7-17-14-16(2)6-10-19(17)23-3/h4-11,14H,12-13H2,1-3H3,(H,21,22)/b11-7+. The highest BCUT2D eigenvalue weighted by molar-refractivity contribution is 5.92. The van der Waals surface area contributed by atoms with E-state index in [1.807, 2.05) is 56.3 Å². The van der Waals surface area contributed by atoms with Crippen LogP contribution >= 0.6 is 0 Å². The van der Waals surface area contributed by atoms with Gasteiger partial charge < -0.3 is 14.8 Å². The first-order valence-corrected chi connectivity index (χ1v) is 7.88. The SMILES string of the molecule is COc1ccc(C)cc1/C=C/C(=O)NCCOc1ccc(C)cc1. The Morgan fingerprint density at radius 2 is 1.79 bits per heavy atom. The number of rotatable bonds is 7. The Bertz CT molecular complexity index is 705. The first-order valence-electron chi connectivity index (χ1n) is 7.88. The van der Waals surface area contributed by atoms with Crippen molar-refractivity contribution in [1.82, 2.24) is 5.32 Å². The predicted molar refractivity (Wildman–Crippen MR) is 96.4 cm³/mol. The van der Waals surface area contributed by atoms with E-state index in [9.17, 15) is 4.79 Å². The number of ether oxygens (including phenoxy) is 2. The van der Waals surface area contributed by atoms with Gasteiger partial charge in [-0.1, -0.05) is 29.3 Å². The van der Waals surface area contributed by atoms with Crippen molar-refractivity contribution in [3.05, 3.63) is 65.2 Å². The number of amides is 1. The number of hydrogen-bond acceptors (Lipinski definition) is 3. The van der Waals surface area contributed by atoms with E-state index in [4.69, 9.17) is 9.47 Å². The molecular weight excluding hydrogens is 302 g/mol. The summed E-state index contributed by atoms with van der Waals surface area (Å²) in [5.74, 6) is 1.38. The van der Waals surface area contributed by atoms with Crippen molar-refractivity contribution in [2.24, 2.45) is 0 Å². The summed E-state index contributed by atoms with van der Waals surface area (Å²) in [4.78, 5) is 11.9. The fraction of sp³-hybridized carbons (Fsp3) is 0.250. The lowest BCUT2D eigenvalue weighted by atomic mass is 10.1. The van der Waals surface area contributed by atoms with E-state index in [-0.39, 0.29) is 5.91 Å². The summed E-state index contributed by atoms with van der Waals surface area (Å²) in [5.41, 5.74) is 3.18. The van der Waals surface area contributed by atoms with Gasteiger partial charge in [0.15, 0.2) is 0 Å². The fourth-order valence-corrected chi connectivity index (χ4v) is 2.19. The second-order valence-corrected chi connectivity index (χ2v) is 5.53. The quantitative estimate of drug-likeness (QED) is 0.626. The highest BCUT2D eigenvalue weighted by Crippen LogP contribution is 2.20. The van der Waals surface area contributed by atoms with E-state index in [1.165, 1.54) is 11.6 Å². The van der Waals surface area contributed by atoms with Gasteiger partial charge in [-0.3, -0.25) is 4.79 Å². The number of carbonyl (C=O) groups is 1. The van der Waals surface area contributed by atoms with Gasteiger partial charge in [0.2, 0.25) is 5.91 Å². The van der Waals surface area contributed by atoms with Crippen molar-refractivity contribution in [2.75, 3.05) is 20.3 Å². The summed E-state index contributed by atoms with van der Waals surface area (Å²) in [6.07, 6.45) is 3.26. The van der Waals surface area contributed by atoms with Gasteiger partial charge >= 0.3 is 0 Å². The van der Waals surface area contributed by atoms with Crippen LogP contribution in [0.2, 0.25) is 0 Å². The van der Waals surface area contributed by atoms with Crippen LogP contribution in [0.1, 0.15) is 16.7 Å². The molecule has 0 atom stereocenters. The molecule has 2 aromatic carbocycles. The van der Waals surface area contributed by atoms with Crippen LogP contribution in [-0.4, -0.2) is 26.2 Å². The molecule has 0 aromatic heterocycles. The summed E-state index contributed by atoms with van der Waals surface area (Å²) in [5, 5.41) is 2.80. The van der Waals surface area contributed by atoms with E-state index >= 15 is 0 Å². The molecule has 1 amide bonds. The molecule has 0 heterocycles. The number of hydrogen-bond donors (Lipinski definition) is 1. The van der Waals surface area contributed by atoms with Crippen LogP contribution in [0.25, 0.3) is 6.08 Å². The third kappa shape index (κ3) is 5.47. The van der Waals surface area contributed by atoms with Crippen molar-refractivity contribution >= 4 is 12.0 Å². The molecule has 4 heteroatoms. The van der Waals surface area contributed by atoms with E-state index in [1.54, 1.807) is 13.2 Å². The summed E-state index contributed by atoms with van der Waals surface area (Å²) in [6, 6.07) is 13.7.